The molecule has 0 radical (unpaired) electrons. The van der Waals surface area contributed by atoms with Crippen LogP contribution in [0.4, 0.5) is 11.5 Å². The van der Waals surface area contributed by atoms with E-state index in [0.717, 1.165) is 0 Å². The first-order valence-electron chi connectivity index (χ1n) is 5.91. The van der Waals surface area contributed by atoms with Crippen molar-refractivity contribution < 1.29 is 14.6 Å². The van der Waals surface area contributed by atoms with Gasteiger partial charge in [-0.25, -0.2) is 4.68 Å². The Hall–Kier alpha value is -2.68. The fourth-order valence-electron chi connectivity index (χ4n) is 1.59. The van der Waals surface area contributed by atoms with Crippen molar-refractivity contribution in [1.82, 2.24) is 15.0 Å². The maximum atomic E-state index is 10.6. The standard InChI is InChI=1S/C12H13N5O3S/c1-20-9-5-3-2-4-8(9)13-12(21)14-10-6-17(16-15-10)7-11(18)19/h2-6H,7H2,1H3,(H,18,19)(H2,13,14,21). The van der Waals surface area contributed by atoms with Crippen LogP contribution in [0.15, 0.2) is 30.5 Å². The number of para-hydroxylation sites is 2. The van der Waals surface area contributed by atoms with Crippen molar-refractivity contribution in [2.24, 2.45) is 0 Å². The van der Waals surface area contributed by atoms with E-state index in [2.05, 4.69) is 20.9 Å². The highest BCUT2D eigenvalue weighted by Gasteiger charge is 2.07. The summed E-state index contributed by atoms with van der Waals surface area (Å²) in [5.41, 5.74) is 0.704. The topological polar surface area (TPSA) is 101 Å². The van der Waals surface area contributed by atoms with E-state index in [1.165, 1.54) is 10.9 Å². The van der Waals surface area contributed by atoms with Crippen molar-refractivity contribution in [3.63, 3.8) is 0 Å². The number of hydrogen-bond donors (Lipinski definition) is 3. The van der Waals surface area contributed by atoms with Crippen LogP contribution >= 0.6 is 12.2 Å². The van der Waals surface area contributed by atoms with Crippen LogP contribution in [0.5, 0.6) is 5.75 Å². The van der Waals surface area contributed by atoms with E-state index in [0.29, 0.717) is 22.4 Å². The summed E-state index contributed by atoms with van der Waals surface area (Å²) in [5.74, 6) is 0.000929. The molecule has 0 saturated heterocycles. The average Bonchev–Trinajstić information content (AvgIpc) is 2.85. The molecular weight excluding hydrogens is 294 g/mol. The summed E-state index contributed by atoms with van der Waals surface area (Å²) in [6, 6.07) is 7.30. The number of ether oxygens (including phenoxy) is 1. The molecule has 0 unspecified atom stereocenters. The van der Waals surface area contributed by atoms with Crippen molar-refractivity contribution in [3.8, 4) is 5.75 Å². The molecule has 1 heterocycles. The molecule has 1 aromatic carbocycles. The normalized spacial score (nSPS) is 9.95. The Balaban J connectivity index is 1.98. The Morgan fingerprint density at radius 2 is 2.19 bits per heavy atom. The quantitative estimate of drug-likeness (QED) is 0.708. The van der Waals surface area contributed by atoms with Gasteiger partial charge in [-0.1, -0.05) is 17.3 Å². The Bertz CT molecular complexity index is 658. The van der Waals surface area contributed by atoms with Crippen molar-refractivity contribution >= 4 is 34.8 Å². The number of aromatic nitrogens is 3. The highest BCUT2D eigenvalue weighted by atomic mass is 32.1. The number of carboxylic acids is 1. The summed E-state index contributed by atoms with van der Waals surface area (Å²) in [5, 5.41) is 22.2. The summed E-state index contributed by atoms with van der Waals surface area (Å²) in [4.78, 5) is 10.6. The second-order valence-corrected chi connectivity index (χ2v) is 4.38. The molecule has 9 heteroatoms. The molecule has 2 aromatic rings. The predicted octanol–water partition coefficient (Wildman–Crippen LogP) is 1.18. The summed E-state index contributed by atoms with van der Waals surface area (Å²) in [6.07, 6.45) is 1.45. The van der Waals surface area contributed by atoms with Crippen molar-refractivity contribution in [1.29, 1.82) is 0 Å². The molecule has 0 aliphatic heterocycles. The monoisotopic (exact) mass is 307 g/mol. The van der Waals surface area contributed by atoms with E-state index in [4.69, 9.17) is 22.1 Å². The molecule has 0 spiro atoms. The first-order chi connectivity index (χ1) is 10.1. The lowest BCUT2D eigenvalue weighted by Crippen LogP contribution is -2.19. The second-order valence-electron chi connectivity index (χ2n) is 3.97. The molecule has 110 valence electrons. The van der Waals surface area contributed by atoms with Crippen LogP contribution in [0, 0.1) is 0 Å². The highest BCUT2D eigenvalue weighted by molar-refractivity contribution is 7.80. The van der Waals surface area contributed by atoms with Gasteiger partial charge in [0.05, 0.1) is 19.0 Å². The number of benzene rings is 1. The molecule has 0 amide bonds. The van der Waals surface area contributed by atoms with Gasteiger partial charge in [0.1, 0.15) is 12.3 Å². The van der Waals surface area contributed by atoms with Crippen molar-refractivity contribution in [3.05, 3.63) is 30.5 Å². The van der Waals surface area contributed by atoms with Crippen molar-refractivity contribution in [2.75, 3.05) is 17.7 Å². The molecule has 0 bridgehead atoms. The van der Waals surface area contributed by atoms with E-state index in [1.807, 2.05) is 18.2 Å². The molecule has 2 rings (SSSR count). The van der Waals surface area contributed by atoms with E-state index in [9.17, 15) is 4.79 Å². The second kappa shape index (κ2) is 6.66. The molecule has 0 aliphatic rings. The summed E-state index contributed by atoms with van der Waals surface area (Å²) in [6.45, 7) is -0.263. The fourth-order valence-corrected chi connectivity index (χ4v) is 1.80. The van der Waals surface area contributed by atoms with Gasteiger partial charge in [-0.15, -0.1) is 5.10 Å². The molecule has 0 aliphatic carbocycles. The van der Waals surface area contributed by atoms with Crippen molar-refractivity contribution in [2.45, 2.75) is 6.54 Å². The lowest BCUT2D eigenvalue weighted by Gasteiger charge is -2.11. The van der Waals surface area contributed by atoms with Gasteiger partial charge in [-0.05, 0) is 24.4 Å². The smallest absolute Gasteiger partial charge is 0.325 e. The molecule has 0 atom stereocenters. The number of hydrogen-bond acceptors (Lipinski definition) is 5. The van der Waals surface area contributed by atoms with Gasteiger partial charge < -0.3 is 20.5 Å². The molecule has 0 saturated carbocycles. The van der Waals surface area contributed by atoms with Crippen LogP contribution < -0.4 is 15.4 Å². The SMILES string of the molecule is COc1ccccc1NC(=S)Nc1cn(CC(=O)O)nn1. The number of carboxylic acid groups (broad SMARTS) is 1. The number of carbonyl (C=O) groups is 1. The van der Waals surface area contributed by atoms with Gasteiger partial charge in [0.15, 0.2) is 10.9 Å². The maximum absolute atomic E-state index is 10.6. The Kier molecular flexibility index (Phi) is 4.67. The van der Waals surface area contributed by atoms with Gasteiger partial charge in [0.2, 0.25) is 0 Å². The minimum Gasteiger partial charge on any atom is -0.495 e. The van der Waals surface area contributed by atoms with E-state index in [-0.39, 0.29) is 6.54 Å². The van der Waals surface area contributed by atoms with Gasteiger partial charge in [-0.3, -0.25) is 4.79 Å². The zero-order valence-electron chi connectivity index (χ0n) is 11.1. The van der Waals surface area contributed by atoms with Gasteiger partial charge >= 0.3 is 5.97 Å². The van der Waals surface area contributed by atoms with Crippen LogP contribution in [0.1, 0.15) is 0 Å². The van der Waals surface area contributed by atoms with Crippen LogP contribution in [-0.2, 0) is 11.3 Å². The maximum Gasteiger partial charge on any atom is 0.325 e. The number of nitrogens with one attached hydrogen (secondary N) is 2. The van der Waals surface area contributed by atoms with Gasteiger partial charge in [0.25, 0.3) is 0 Å². The molecule has 8 nitrogen and oxygen atoms in total. The fraction of sp³-hybridized carbons (Fsp3) is 0.167. The van der Waals surface area contributed by atoms with Gasteiger partial charge in [0, 0.05) is 0 Å². The van der Waals surface area contributed by atoms with Crippen LogP contribution in [-0.4, -0.2) is 38.3 Å². The predicted molar refractivity (Wildman–Crippen MR) is 80.5 cm³/mol. The van der Waals surface area contributed by atoms with E-state index in [1.54, 1.807) is 13.2 Å². The minimum atomic E-state index is -0.999. The first kappa shape index (κ1) is 14.7. The minimum absolute atomic E-state index is 0.263. The lowest BCUT2D eigenvalue weighted by atomic mass is 10.3. The highest BCUT2D eigenvalue weighted by Crippen LogP contribution is 2.23. The number of anilines is 2. The van der Waals surface area contributed by atoms with Gasteiger partial charge in [-0.2, -0.15) is 0 Å². The number of thiocarbonyl (C=S) groups is 1. The summed E-state index contributed by atoms with van der Waals surface area (Å²) >= 11 is 5.15. The zero-order chi connectivity index (χ0) is 15.2. The van der Waals surface area contributed by atoms with E-state index < -0.39 is 5.97 Å². The molecular formula is C12H13N5O3S. The lowest BCUT2D eigenvalue weighted by molar-refractivity contribution is -0.137. The van der Waals surface area contributed by atoms with Crippen LogP contribution in [0.25, 0.3) is 0 Å². The Morgan fingerprint density at radius 1 is 1.43 bits per heavy atom. The van der Waals surface area contributed by atoms with E-state index >= 15 is 0 Å². The molecule has 3 N–H and O–H groups in total. The number of methoxy groups -OCH3 is 1. The third-order valence-electron chi connectivity index (χ3n) is 2.43. The Morgan fingerprint density at radius 3 is 2.90 bits per heavy atom. The largest absolute Gasteiger partial charge is 0.495 e. The third-order valence-corrected chi connectivity index (χ3v) is 2.64. The first-order valence-corrected chi connectivity index (χ1v) is 6.32. The molecule has 0 fully saturated rings. The average molecular weight is 307 g/mol. The molecule has 1 aromatic heterocycles. The number of aliphatic carboxylic acids is 1. The Labute approximate surface area is 125 Å². The van der Waals surface area contributed by atoms with Crippen LogP contribution in [0.3, 0.4) is 0 Å². The summed E-state index contributed by atoms with van der Waals surface area (Å²) < 4.78 is 6.39. The zero-order valence-corrected chi connectivity index (χ0v) is 11.9. The number of rotatable bonds is 5. The van der Waals surface area contributed by atoms with Crippen LogP contribution in [0.2, 0.25) is 0 Å². The molecule has 21 heavy (non-hydrogen) atoms. The summed E-state index contributed by atoms with van der Waals surface area (Å²) in [7, 11) is 1.56. The number of nitrogens with zero attached hydrogens (tertiary/aromatic N) is 3. The third kappa shape index (κ3) is 4.14.